The third kappa shape index (κ3) is 2.20. The van der Waals surface area contributed by atoms with Gasteiger partial charge in [-0.1, -0.05) is 0 Å². The molecule has 1 heterocycles. The van der Waals surface area contributed by atoms with Gasteiger partial charge < -0.3 is 10.5 Å². The van der Waals surface area contributed by atoms with Crippen LogP contribution in [0.3, 0.4) is 0 Å². The van der Waals surface area contributed by atoms with Crippen molar-refractivity contribution in [1.29, 1.82) is 0 Å². The van der Waals surface area contributed by atoms with E-state index in [2.05, 4.69) is 4.98 Å². The summed E-state index contributed by atoms with van der Waals surface area (Å²) in [5.74, 6) is 0.425. The van der Waals surface area contributed by atoms with Crippen LogP contribution in [0.2, 0.25) is 0 Å². The fraction of sp³-hybridized carbons (Fsp3) is 0.154. The standard InChI is InChI=1S/C13H13FN2O/c1-8-5-11(13(15)16-7-8)10-4-3-9(17-2)6-12(10)14/h3-7H,1-2H3,(H2,15,16). The molecule has 0 amide bonds. The Balaban J connectivity index is 2.56. The summed E-state index contributed by atoms with van der Waals surface area (Å²) in [6.07, 6.45) is 1.65. The SMILES string of the molecule is COc1ccc(-c2cc(C)cnc2N)c(F)c1. The van der Waals surface area contributed by atoms with Gasteiger partial charge in [0.25, 0.3) is 0 Å². The third-order valence-electron chi connectivity index (χ3n) is 2.52. The quantitative estimate of drug-likeness (QED) is 0.866. The van der Waals surface area contributed by atoms with Crippen LogP contribution in [0.4, 0.5) is 10.2 Å². The van der Waals surface area contributed by atoms with Gasteiger partial charge in [0.1, 0.15) is 17.4 Å². The van der Waals surface area contributed by atoms with Crippen molar-refractivity contribution < 1.29 is 9.13 Å². The van der Waals surface area contributed by atoms with E-state index in [1.165, 1.54) is 13.2 Å². The first-order chi connectivity index (χ1) is 8.11. The number of halogens is 1. The molecule has 3 nitrogen and oxygen atoms in total. The number of aryl methyl sites for hydroxylation is 1. The van der Waals surface area contributed by atoms with Crippen molar-refractivity contribution in [3.63, 3.8) is 0 Å². The Morgan fingerprint density at radius 3 is 2.65 bits per heavy atom. The summed E-state index contributed by atoms with van der Waals surface area (Å²) in [6.45, 7) is 1.89. The zero-order chi connectivity index (χ0) is 12.4. The number of pyridine rings is 1. The molecular formula is C13H13FN2O. The maximum Gasteiger partial charge on any atom is 0.134 e. The number of benzene rings is 1. The van der Waals surface area contributed by atoms with E-state index in [1.807, 2.05) is 13.0 Å². The second-order valence-electron chi connectivity index (χ2n) is 3.79. The highest BCUT2D eigenvalue weighted by Gasteiger charge is 2.10. The van der Waals surface area contributed by atoms with E-state index in [0.717, 1.165) is 5.56 Å². The number of nitrogens with zero attached hydrogens (tertiary/aromatic N) is 1. The molecule has 0 bridgehead atoms. The maximum atomic E-state index is 13.9. The Bertz CT molecular complexity index is 555. The molecule has 2 N–H and O–H groups in total. The molecule has 0 saturated carbocycles. The topological polar surface area (TPSA) is 48.1 Å². The first kappa shape index (κ1) is 11.4. The van der Waals surface area contributed by atoms with Crippen LogP contribution < -0.4 is 10.5 Å². The van der Waals surface area contributed by atoms with Crippen molar-refractivity contribution in [1.82, 2.24) is 4.98 Å². The highest BCUT2D eigenvalue weighted by Crippen LogP contribution is 2.29. The second kappa shape index (κ2) is 4.41. The van der Waals surface area contributed by atoms with Gasteiger partial charge in [-0.2, -0.15) is 0 Å². The van der Waals surface area contributed by atoms with E-state index < -0.39 is 0 Å². The van der Waals surface area contributed by atoms with Crippen LogP contribution in [-0.2, 0) is 0 Å². The van der Waals surface area contributed by atoms with Crippen LogP contribution in [0.5, 0.6) is 5.75 Å². The molecule has 1 aromatic carbocycles. The fourth-order valence-electron chi connectivity index (χ4n) is 1.64. The maximum absolute atomic E-state index is 13.9. The number of hydrogen-bond donors (Lipinski definition) is 1. The fourth-order valence-corrected chi connectivity index (χ4v) is 1.64. The minimum atomic E-state index is -0.372. The first-order valence-corrected chi connectivity index (χ1v) is 5.18. The summed E-state index contributed by atoms with van der Waals surface area (Å²) in [5.41, 5.74) is 7.72. The van der Waals surface area contributed by atoms with Gasteiger partial charge in [-0.25, -0.2) is 9.37 Å². The van der Waals surface area contributed by atoms with E-state index in [9.17, 15) is 4.39 Å². The second-order valence-corrected chi connectivity index (χ2v) is 3.79. The van der Waals surface area contributed by atoms with Crippen molar-refractivity contribution in [2.45, 2.75) is 6.92 Å². The molecule has 1 aromatic heterocycles. The van der Waals surface area contributed by atoms with Gasteiger partial charge in [0, 0.05) is 23.4 Å². The molecule has 0 atom stereocenters. The molecule has 0 aliphatic rings. The van der Waals surface area contributed by atoms with Crippen LogP contribution in [0.25, 0.3) is 11.1 Å². The molecule has 0 radical (unpaired) electrons. The summed E-state index contributed by atoms with van der Waals surface area (Å²) in [4.78, 5) is 4.02. The normalized spacial score (nSPS) is 10.3. The van der Waals surface area contributed by atoms with E-state index >= 15 is 0 Å². The Morgan fingerprint density at radius 2 is 2.00 bits per heavy atom. The van der Waals surface area contributed by atoms with E-state index in [1.54, 1.807) is 18.3 Å². The van der Waals surface area contributed by atoms with Crippen molar-refractivity contribution in [2.24, 2.45) is 0 Å². The number of hydrogen-bond acceptors (Lipinski definition) is 3. The zero-order valence-corrected chi connectivity index (χ0v) is 9.70. The van der Waals surface area contributed by atoms with Gasteiger partial charge in [0.15, 0.2) is 0 Å². The van der Waals surface area contributed by atoms with Crippen LogP contribution in [-0.4, -0.2) is 12.1 Å². The van der Waals surface area contributed by atoms with Gasteiger partial charge in [0.2, 0.25) is 0 Å². The van der Waals surface area contributed by atoms with Crippen LogP contribution in [0.15, 0.2) is 30.5 Å². The summed E-state index contributed by atoms with van der Waals surface area (Å²) >= 11 is 0. The highest BCUT2D eigenvalue weighted by molar-refractivity contribution is 5.75. The number of methoxy groups -OCH3 is 1. The number of rotatable bonds is 2. The number of nitrogen functional groups attached to an aromatic ring is 1. The summed E-state index contributed by atoms with van der Waals surface area (Å²) in [6, 6.07) is 6.48. The van der Waals surface area contributed by atoms with Crippen molar-refractivity contribution in [2.75, 3.05) is 12.8 Å². The van der Waals surface area contributed by atoms with Gasteiger partial charge >= 0.3 is 0 Å². The smallest absolute Gasteiger partial charge is 0.134 e. The number of ether oxygens (including phenoxy) is 1. The lowest BCUT2D eigenvalue weighted by Gasteiger charge is -2.08. The lowest BCUT2D eigenvalue weighted by Crippen LogP contribution is -1.96. The minimum absolute atomic E-state index is 0.319. The minimum Gasteiger partial charge on any atom is -0.497 e. The average Bonchev–Trinajstić information content (AvgIpc) is 2.32. The van der Waals surface area contributed by atoms with Crippen LogP contribution >= 0.6 is 0 Å². The lowest BCUT2D eigenvalue weighted by atomic mass is 10.0. The van der Waals surface area contributed by atoms with E-state index in [0.29, 0.717) is 22.7 Å². The Kier molecular flexibility index (Phi) is 2.95. The summed E-state index contributed by atoms with van der Waals surface area (Å²) in [7, 11) is 1.50. The van der Waals surface area contributed by atoms with Gasteiger partial charge in [-0.15, -0.1) is 0 Å². The van der Waals surface area contributed by atoms with Gasteiger partial charge in [0.05, 0.1) is 7.11 Å². The molecule has 2 rings (SSSR count). The van der Waals surface area contributed by atoms with Crippen molar-refractivity contribution in [3.05, 3.63) is 41.8 Å². The van der Waals surface area contributed by atoms with Crippen molar-refractivity contribution in [3.8, 4) is 16.9 Å². The van der Waals surface area contributed by atoms with Crippen LogP contribution in [0, 0.1) is 12.7 Å². The van der Waals surface area contributed by atoms with Crippen molar-refractivity contribution >= 4 is 5.82 Å². The number of aromatic nitrogens is 1. The Hall–Kier alpha value is -2.10. The highest BCUT2D eigenvalue weighted by atomic mass is 19.1. The molecule has 0 aliphatic carbocycles. The molecular weight excluding hydrogens is 219 g/mol. The van der Waals surface area contributed by atoms with E-state index in [4.69, 9.17) is 10.5 Å². The molecule has 0 fully saturated rings. The Labute approximate surface area is 99.1 Å². The summed E-state index contributed by atoms with van der Waals surface area (Å²) in [5, 5.41) is 0. The molecule has 0 aliphatic heterocycles. The predicted molar refractivity (Wildman–Crippen MR) is 65.3 cm³/mol. The Morgan fingerprint density at radius 1 is 1.24 bits per heavy atom. The van der Waals surface area contributed by atoms with Crippen LogP contribution in [0.1, 0.15) is 5.56 Å². The predicted octanol–water partition coefficient (Wildman–Crippen LogP) is 2.79. The molecule has 17 heavy (non-hydrogen) atoms. The van der Waals surface area contributed by atoms with Gasteiger partial charge in [-0.05, 0) is 30.7 Å². The monoisotopic (exact) mass is 232 g/mol. The third-order valence-corrected chi connectivity index (χ3v) is 2.52. The zero-order valence-electron chi connectivity index (χ0n) is 9.70. The molecule has 88 valence electrons. The lowest BCUT2D eigenvalue weighted by molar-refractivity contribution is 0.411. The molecule has 2 aromatic rings. The van der Waals surface area contributed by atoms with E-state index in [-0.39, 0.29) is 5.82 Å². The molecule has 4 heteroatoms. The summed E-state index contributed by atoms with van der Waals surface area (Å²) < 4.78 is 18.8. The number of nitrogens with two attached hydrogens (primary N) is 1. The average molecular weight is 232 g/mol. The molecule has 0 unspecified atom stereocenters. The molecule has 0 saturated heterocycles. The number of anilines is 1. The largest absolute Gasteiger partial charge is 0.497 e. The molecule has 0 spiro atoms. The first-order valence-electron chi connectivity index (χ1n) is 5.18. The van der Waals surface area contributed by atoms with Gasteiger partial charge in [-0.3, -0.25) is 0 Å².